The number of nitrogens with one attached hydrogen (secondary N) is 1. The maximum absolute atomic E-state index is 6.01. The minimum Gasteiger partial charge on any atom is -0.271 e. The zero-order valence-electron chi connectivity index (χ0n) is 11.3. The van der Waals surface area contributed by atoms with Crippen LogP contribution in [-0.2, 0) is 0 Å². The highest BCUT2D eigenvalue weighted by Crippen LogP contribution is 2.29. The predicted molar refractivity (Wildman–Crippen MR) is 84.5 cm³/mol. The van der Waals surface area contributed by atoms with Crippen molar-refractivity contribution < 1.29 is 0 Å². The summed E-state index contributed by atoms with van der Waals surface area (Å²) in [6, 6.07) is 8.45. The van der Waals surface area contributed by atoms with Gasteiger partial charge in [-0.15, -0.1) is 11.8 Å². The Hall–Kier alpha value is -0.220. The molecule has 0 bridgehead atoms. The monoisotopic (exact) mass is 298 g/mol. The van der Waals surface area contributed by atoms with Crippen LogP contribution in [0.25, 0.3) is 0 Å². The Morgan fingerprint density at radius 2 is 2.00 bits per heavy atom. The summed E-state index contributed by atoms with van der Waals surface area (Å²) in [5, 5.41) is 0.803. The van der Waals surface area contributed by atoms with Crippen molar-refractivity contribution in [1.29, 1.82) is 0 Å². The average Bonchev–Trinajstić information content (AvgIpc) is 2.69. The molecule has 0 aliphatic heterocycles. The summed E-state index contributed by atoms with van der Waals surface area (Å²) < 4.78 is 0. The van der Waals surface area contributed by atoms with Crippen molar-refractivity contribution in [3.63, 3.8) is 0 Å². The summed E-state index contributed by atoms with van der Waals surface area (Å²) in [5.74, 6) is 7.50. The molecule has 3 N–H and O–H groups in total. The molecule has 0 saturated heterocycles. The van der Waals surface area contributed by atoms with Gasteiger partial charge in [-0.05, 0) is 37.0 Å². The lowest BCUT2D eigenvalue weighted by molar-refractivity contribution is 0.346. The summed E-state index contributed by atoms with van der Waals surface area (Å²) in [7, 11) is 0. The largest absolute Gasteiger partial charge is 0.271 e. The molecule has 0 radical (unpaired) electrons. The van der Waals surface area contributed by atoms with Crippen molar-refractivity contribution in [2.24, 2.45) is 11.8 Å². The molecule has 1 atom stereocenters. The van der Waals surface area contributed by atoms with E-state index in [1.165, 1.54) is 43.4 Å². The van der Waals surface area contributed by atoms with Gasteiger partial charge in [-0.3, -0.25) is 11.3 Å². The van der Waals surface area contributed by atoms with E-state index in [0.29, 0.717) is 6.04 Å². The first kappa shape index (κ1) is 15.2. The smallest absolute Gasteiger partial charge is 0.0417 e. The topological polar surface area (TPSA) is 38.0 Å². The second kappa shape index (κ2) is 8.15. The van der Waals surface area contributed by atoms with Crippen molar-refractivity contribution in [3.8, 4) is 0 Å². The number of thioether (sulfide) groups is 1. The van der Waals surface area contributed by atoms with Gasteiger partial charge in [-0.2, -0.15) is 0 Å². The first-order valence-corrected chi connectivity index (χ1v) is 8.50. The fourth-order valence-corrected chi connectivity index (χ4v) is 4.16. The predicted octanol–water partition coefficient (Wildman–Crippen LogP) is 4.23. The molecule has 1 saturated carbocycles. The summed E-state index contributed by atoms with van der Waals surface area (Å²) in [6.45, 7) is 0. The molecule has 106 valence electrons. The number of halogens is 1. The first-order valence-electron chi connectivity index (χ1n) is 7.14. The molecule has 2 nitrogen and oxygen atoms in total. The maximum Gasteiger partial charge on any atom is 0.0417 e. The summed E-state index contributed by atoms with van der Waals surface area (Å²) >= 11 is 7.85. The molecule has 1 fully saturated rings. The fourth-order valence-electron chi connectivity index (χ4n) is 2.78. The van der Waals surface area contributed by atoms with Crippen molar-refractivity contribution in [1.82, 2.24) is 5.43 Å². The van der Waals surface area contributed by atoms with Crippen LogP contribution in [0.3, 0.4) is 0 Å². The number of hydrogen-bond donors (Lipinski definition) is 2. The van der Waals surface area contributed by atoms with Crippen LogP contribution < -0.4 is 11.3 Å². The molecule has 1 aromatic carbocycles. The number of hydrogen-bond acceptors (Lipinski definition) is 3. The normalized spacial score (nSPS) is 19.1. The van der Waals surface area contributed by atoms with E-state index >= 15 is 0 Å². The Labute approximate surface area is 125 Å². The molecule has 0 aromatic heterocycles. The molecule has 1 unspecified atom stereocenters. The molecule has 1 aromatic rings. The molecule has 0 amide bonds. The lowest BCUT2D eigenvalue weighted by Gasteiger charge is -2.25. The van der Waals surface area contributed by atoms with Crippen LogP contribution in [0, 0.1) is 5.92 Å². The van der Waals surface area contributed by atoms with E-state index in [0.717, 1.165) is 16.7 Å². The molecule has 4 heteroatoms. The van der Waals surface area contributed by atoms with Gasteiger partial charge >= 0.3 is 0 Å². The Kier molecular flexibility index (Phi) is 6.51. The Bertz CT molecular complexity index is 378. The van der Waals surface area contributed by atoms with Crippen LogP contribution in [0.4, 0.5) is 0 Å². The Morgan fingerprint density at radius 1 is 1.26 bits per heavy atom. The van der Waals surface area contributed by atoms with E-state index in [2.05, 4.69) is 11.5 Å². The number of hydrazine groups is 1. The SMILES string of the molecule is NNC(CSc1cccc(Cl)c1)C1CCCCCC1. The highest BCUT2D eigenvalue weighted by atomic mass is 35.5. The van der Waals surface area contributed by atoms with Gasteiger partial charge in [0, 0.05) is 21.7 Å². The van der Waals surface area contributed by atoms with Gasteiger partial charge in [0.2, 0.25) is 0 Å². The molecule has 0 heterocycles. The molecular formula is C15H23ClN2S. The van der Waals surface area contributed by atoms with Gasteiger partial charge in [-0.1, -0.05) is 43.4 Å². The van der Waals surface area contributed by atoms with E-state index in [-0.39, 0.29) is 0 Å². The summed E-state index contributed by atoms with van der Waals surface area (Å²) in [5.41, 5.74) is 3.03. The highest BCUT2D eigenvalue weighted by molar-refractivity contribution is 7.99. The van der Waals surface area contributed by atoms with E-state index in [1.54, 1.807) is 0 Å². The van der Waals surface area contributed by atoms with Crippen molar-refractivity contribution in [3.05, 3.63) is 29.3 Å². The van der Waals surface area contributed by atoms with E-state index in [9.17, 15) is 0 Å². The van der Waals surface area contributed by atoms with Crippen LogP contribution in [0.2, 0.25) is 5.02 Å². The first-order chi connectivity index (χ1) is 9.29. The quantitative estimate of drug-likeness (QED) is 0.370. The minimum atomic E-state index is 0.405. The van der Waals surface area contributed by atoms with Crippen LogP contribution in [0.5, 0.6) is 0 Å². The van der Waals surface area contributed by atoms with Crippen LogP contribution in [0.15, 0.2) is 29.2 Å². The Balaban J connectivity index is 1.87. The van der Waals surface area contributed by atoms with E-state index in [1.807, 2.05) is 30.0 Å². The third kappa shape index (κ3) is 4.99. The van der Waals surface area contributed by atoms with Gasteiger partial charge in [0.1, 0.15) is 0 Å². The number of rotatable bonds is 5. The second-order valence-corrected chi connectivity index (χ2v) is 6.82. The molecule has 19 heavy (non-hydrogen) atoms. The van der Waals surface area contributed by atoms with Gasteiger partial charge in [0.05, 0.1) is 0 Å². The maximum atomic E-state index is 6.01. The van der Waals surface area contributed by atoms with E-state index < -0.39 is 0 Å². The van der Waals surface area contributed by atoms with Gasteiger partial charge < -0.3 is 0 Å². The molecule has 0 spiro atoms. The van der Waals surface area contributed by atoms with Crippen molar-refractivity contribution in [2.45, 2.75) is 49.5 Å². The minimum absolute atomic E-state index is 0.405. The second-order valence-electron chi connectivity index (χ2n) is 5.29. The van der Waals surface area contributed by atoms with Crippen LogP contribution in [0.1, 0.15) is 38.5 Å². The van der Waals surface area contributed by atoms with Gasteiger partial charge in [0.15, 0.2) is 0 Å². The van der Waals surface area contributed by atoms with Crippen molar-refractivity contribution in [2.75, 3.05) is 5.75 Å². The lowest BCUT2D eigenvalue weighted by atomic mass is 9.93. The number of benzene rings is 1. The zero-order valence-corrected chi connectivity index (χ0v) is 12.8. The molecule has 1 aliphatic rings. The Morgan fingerprint density at radius 3 is 2.63 bits per heavy atom. The third-order valence-electron chi connectivity index (χ3n) is 3.91. The summed E-state index contributed by atoms with van der Waals surface area (Å²) in [4.78, 5) is 1.22. The zero-order chi connectivity index (χ0) is 13.5. The third-order valence-corrected chi connectivity index (χ3v) is 5.26. The van der Waals surface area contributed by atoms with E-state index in [4.69, 9.17) is 17.4 Å². The molecule has 2 rings (SSSR count). The van der Waals surface area contributed by atoms with Gasteiger partial charge in [-0.25, -0.2) is 0 Å². The molecule has 1 aliphatic carbocycles. The fraction of sp³-hybridized carbons (Fsp3) is 0.600. The molecular weight excluding hydrogens is 276 g/mol. The highest BCUT2D eigenvalue weighted by Gasteiger charge is 2.21. The van der Waals surface area contributed by atoms with Crippen molar-refractivity contribution >= 4 is 23.4 Å². The summed E-state index contributed by atoms with van der Waals surface area (Å²) in [6.07, 6.45) is 8.09. The number of nitrogens with two attached hydrogens (primary N) is 1. The average molecular weight is 299 g/mol. The lowest BCUT2D eigenvalue weighted by Crippen LogP contribution is -2.42. The van der Waals surface area contributed by atoms with Crippen LogP contribution in [-0.4, -0.2) is 11.8 Å². The van der Waals surface area contributed by atoms with Gasteiger partial charge in [0.25, 0.3) is 0 Å². The standard InChI is InChI=1S/C15H23ClN2S/c16-13-8-5-9-14(10-13)19-11-15(18-17)12-6-3-1-2-4-7-12/h5,8-10,12,15,18H,1-4,6-7,11,17H2. The van der Waals surface area contributed by atoms with Crippen LogP contribution >= 0.6 is 23.4 Å².